The van der Waals surface area contributed by atoms with Crippen molar-refractivity contribution < 1.29 is 13.2 Å². The number of alkyl halides is 3. The number of terminal acetylenes is 1. The van der Waals surface area contributed by atoms with Crippen LogP contribution < -0.4 is 5.32 Å². The van der Waals surface area contributed by atoms with Gasteiger partial charge in [0.05, 0.1) is 6.54 Å². The zero-order chi connectivity index (χ0) is 12.7. The minimum atomic E-state index is -4.03. The minimum Gasteiger partial charge on any atom is -0.314 e. The SMILES string of the molecule is C#CCN1CCC(NCCCC(F)(F)F)CC1. The summed E-state index contributed by atoms with van der Waals surface area (Å²) in [6, 6.07) is 0.345. The summed E-state index contributed by atoms with van der Waals surface area (Å²) >= 11 is 0. The Morgan fingerprint density at radius 1 is 1.29 bits per heavy atom. The summed E-state index contributed by atoms with van der Waals surface area (Å²) in [4.78, 5) is 2.19. The highest BCUT2D eigenvalue weighted by Gasteiger charge is 2.26. The van der Waals surface area contributed by atoms with Crippen LogP contribution in [0.1, 0.15) is 25.7 Å². The van der Waals surface area contributed by atoms with Crippen LogP contribution in [0.5, 0.6) is 0 Å². The molecule has 5 heteroatoms. The van der Waals surface area contributed by atoms with E-state index in [-0.39, 0.29) is 6.42 Å². The van der Waals surface area contributed by atoms with Gasteiger partial charge in [0.2, 0.25) is 0 Å². The van der Waals surface area contributed by atoms with Gasteiger partial charge in [0.1, 0.15) is 0 Å². The average Bonchev–Trinajstić information content (AvgIpc) is 2.26. The summed E-state index contributed by atoms with van der Waals surface area (Å²) in [6.45, 7) is 2.97. The summed E-state index contributed by atoms with van der Waals surface area (Å²) in [5.41, 5.74) is 0. The van der Waals surface area contributed by atoms with Gasteiger partial charge >= 0.3 is 6.18 Å². The van der Waals surface area contributed by atoms with Gasteiger partial charge in [0, 0.05) is 25.6 Å². The Labute approximate surface area is 101 Å². The molecule has 0 aromatic carbocycles. The molecule has 1 fully saturated rings. The lowest BCUT2D eigenvalue weighted by Gasteiger charge is -2.31. The van der Waals surface area contributed by atoms with Crippen LogP contribution in [-0.2, 0) is 0 Å². The lowest BCUT2D eigenvalue weighted by Crippen LogP contribution is -2.42. The first-order chi connectivity index (χ1) is 8.01. The molecule has 0 atom stereocenters. The van der Waals surface area contributed by atoms with E-state index in [0.717, 1.165) is 25.9 Å². The van der Waals surface area contributed by atoms with Crippen molar-refractivity contribution in [1.29, 1.82) is 0 Å². The molecule has 1 rings (SSSR count). The van der Waals surface area contributed by atoms with Crippen LogP contribution >= 0.6 is 0 Å². The van der Waals surface area contributed by atoms with E-state index in [1.54, 1.807) is 0 Å². The molecule has 98 valence electrons. The summed E-state index contributed by atoms with van der Waals surface area (Å²) in [5, 5.41) is 3.18. The van der Waals surface area contributed by atoms with Crippen molar-refractivity contribution in [2.24, 2.45) is 0 Å². The van der Waals surface area contributed by atoms with E-state index in [4.69, 9.17) is 6.42 Å². The van der Waals surface area contributed by atoms with Crippen LogP contribution in [-0.4, -0.2) is 43.3 Å². The summed E-state index contributed by atoms with van der Waals surface area (Å²) in [7, 11) is 0. The highest BCUT2D eigenvalue weighted by atomic mass is 19.4. The minimum absolute atomic E-state index is 0.161. The normalized spacial score (nSPS) is 19.2. The van der Waals surface area contributed by atoms with Crippen LogP contribution in [0.3, 0.4) is 0 Å². The Balaban J connectivity index is 2.05. The van der Waals surface area contributed by atoms with Crippen molar-refractivity contribution in [3.05, 3.63) is 0 Å². The van der Waals surface area contributed by atoms with Gasteiger partial charge in [-0.15, -0.1) is 6.42 Å². The number of piperidine rings is 1. The van der Waals surface area contributed by atoms with Gasteiger partial charge in [-0.1, -0.05) is 5.92 Å². The van der Waals surface area contributed by atoms with Gasteiger partial charge in [-0.2, -0.15) is 13.2 Å². The molecule has 1 aliphatic heterocycles. The van der Waals surface area contributed by atoms with E-state index in [1.165, 1.54) is 0 Å². The lowest BCUT2D eigenvalue weighted by atomic mass is 10.0. The third kappa shape index (κ3) is 6.54. The molecule has 1 aliphatic rings. The Morgan fingerprint density at radius 2 is 1.94 bits per heavy atom. The van der Waals surface area contributed by atoms with E-state index in [0.29, 0.717) is 19.1 Å². The quantitative estimate of drug-likeness (QED) is 0.591. The van der Waals surface area contributed by atoms with E-state index in [9.17, 15) is 13.2 Å². The monoisotopic (exact) mass is 248 g/mol. The largest absolute Gasteiger partial charge is 0.389 e. The molecule has 2 nitrogen and oxygen atoms in total. The Morgan fingerprint density at radius 3 is 2.47 bits per heavy atom. The highest BCUT2D eigenvalue weighted by Crippen LogP contribution is 2.20. The number of rotatable bonds is 5. The Hall–Kier alpha value is -0.730. The second kappa shape index (κ2) is 6.87. The average molecular weight is 248 g/mol. The molecule has 0 radical (unpaired) electrons. The van der Waals surface area contributed by atoms with Crippen LogP contribution in [0.15, 0.2) is 0 Å². The molecule has 0 spiro atoms. The number of hydrogen-bond acceptors (Lipinski definition) is 2. The topological polar surface area (TPSA) is 15.3 Å². The zero-order valence-corrected chi connectivity index (χ0v) is 9.89. The first kappa shape index (κ1) is 14.3. The van der Waals surface area contributed by atoms with E-state index in [1.807, 2.05) is 0 Å². The number of nitrogens with zero attached hydrogens (tertiary/aromatic N) is 1. The summed E-state index contributed by atoms with van der Waals surface area (Å²) < 4.78 is 35.7. The smallest absolute Gasteiger partial charge is 0.314 e. The van der Waals surface area contributed by atoms with Crippen LogP contribution in [0, 0.1) is 12.3 Å². The molecular formula is C12H19F3N2. The fourth-order valence-corrected chi connectivity index (χ4v) is 2.02. The van der Waals surface area contributed by atoms with Crippen LogP contribution in [0.4, 0.5) is 13.2 Å². The lowest BCUT2D eigenvalue weighted by molar-refractivity contribution is -0.135. The first-order valence-electron chi connectivity index (χ1n) is 5.97. The van der Waals surface area contributed by atoms with Crippen molar-refractivity contribution in [1.82, 2.24) is 10.2 Å². The van der Waals surface area contributed by atoms with Gasteiger partial charge in [0.25, 0.3) is 0 Å². The maximum Gasteiger partial charge on any atom is 0.389 e. The van der Waals surface area contributed by atoms with Crippen molar-refractivity contribution in [2.75, 3.05) is 26.2 Å². The molecular weight excluding hydrogens is 229 g/mol. The molecule has 1 N–H and O–H groups in total. The third-order valence-electron chi connectivity index (χ3n) is 2.97. The van der Waals surface area contributed by atoms with E-state index in [2.05, 4.69) is 16.1 Å². The number of nitrogens with one attached hydrogen (secondary N) is 1. The summed E-state index contributed by atoms with van der Waals surface area (Å²) in [6.07, 6.45) is 2.58. The molecule has 0 unspecified atom stereocenters. The molecule has 0 aromatic heterocycles. The van der Waals surface area contributed by atoms with Gasteiger partial charge in [-0.25, -0.2) is 0 Å². The van der Waals surface area contributed by atoms with E-state index >= 15 is 0 Å². The van der Waals surface area contributed by atoms with Gasteiger partial charge in [-0.05, 0) is 25.8 Å². The van der Waals surface area contributed by atoms with Crippen molar-refractivity contribution in [3.63, 3.8) is 0 Å². The molecule has 1 saturated heterocycles. The Bertz CT molecular complexity index is 249. The van der Waals surface area contributed by atoms with Gasteiger partial charge in [-0.3, -0.25) is 4.90 Å². The zero-order valence-electron chi connectivity index (χ0n) is 9.89. The standard InChI is InChI=1S/C12H19F3N2/c1-2-8-17-9-4-11(5-10-17)16-7-3-6-12(13,14)15/h1,11,16H,3-10H2. The summed E-state index contributed by atoms with van der Waals surface area (Å²) in [5.74, 6) is 2.60. The number of halogens is 3. The van der Waals surface area contributed by atoms with Crippen molar-refractivity contribution in [3.8, 4) is 12.3 Å². The fraction of sp³-hybridized carbons (Fsp3) is 0.833. The van der Waals surface area contributed by atoms with Gasteiger partial charge in [0.15, 0.2) is 0 Å². The number of hydrogen-bond donors (Lipinski definition) is 1. The van der Waals surface area contributed by atoms with Crippen LogP contribution in [0.2, 0.25) is 0 Å². The van der Waals surface area contributed by atoms with E-state index < -0.39 is 12.6 Å². The third-order valence-corrected chi connectivity index (χ3v) is 2.97. The Kier molecular flexibility index (Phi) is 5.79. The molecule has 17 heavy (non-hydrogen) atoms. The molecule has 0 aromatic rings. The molecule has 1 heterocycles. The predicted octanol–water partition coefficient (Wildman–Crippen LogP) is 2.02. The van der Waals surface area contributed by atoms with Crippen LogP contribution in [0.25, 0.3) is 0 Å². The second-order valence-electron chi connectivity index (χ2n) is 4.43. The predicted molar refractivity (Wildman–Crippen MR) is 61.6 cm³/mol. The first-order valence-corrected chi connectivity index (χ1v) is 5.97. The highest BCUT2D eigenvalue weighted by molar-refractivity contribution is 4.90. The van der Waals surface area contributed by atoms with Crippen molar-refractivity contribution in [2.45, 2.75) is 37.9 Å². The maximum absolute atomic E-state index is 11.9. The molecule has 0 bridgehead atoms. The van der Waals surface area contributed by atoms with Crippen molar-refractivity contribution >= 4 is 0 Å². The fourth-order valence-electron chi connectivity index (χ4n) is 2.02. The van der Waals surface area contributed by atoms with Gasteiger partial charge < -0.3 is 5.32 Å². The number of likely N-dealkylation sites (tertiary alicyclic amines) is 1. The molecule has 0 aliphatic carbocycles. The second-order valence-corrected chi connectivity index (χ2v) is 4.43. The molecule has 0 saturated carbocycles. The molecule has 0 amide bonds. The maximum atomic E-state index is 11.9.